The molecule has 1 rings (SSSR count). The van der Waals surface area contributed by atoms with Crippen LogP contribution in [0.5, 0.6) is 0 Å². The van der Waals surface area contributed by atoms with E-state index in [4.69, 9.17) is 5.73 Å². The Morgan fingerprint density at radius 3 is 2.39 bits per heavy atom. The maximum Gasteiger partial charge on any atom is 0.418 e. The highest BCUT2D eigenvalue weighted by atomic mass is 19.4. The number of rotatable bonds is 2. The largest absolute Gasteiger partial charge is 0.465 e. The second kappa shape index (κ2) is 4.75. The number of carbonyl (C=O) groups excluding carboxylic acids is 1. The van der Waals surface area contributed by atoms with Gasteiger partial charge in [0.1, 0.15) is 17.1 Å². The number of nitrogens with zero attached hydrogens (tertiary/aromatic N) is 1. The molecule has 1 aromatic rings. The fourth-order valence-electron chi connectivity index (χ4n) is 1.21. The third kappa shape index (κ3) is 2.66. The van der Waals surface area contributed by atoms with Gasteiger partial charge in [-0.15, -0.1) is 0 Å². The predicted octanol–water partition coefficient (Wildman–Crippen LogP) is 2.41. The van der Waals surface area contributed by atoms with Crippen molar-refractivity contribution in [2.75, 3.05) is 12.8 Å². The fraction of sp³-hybridized carbons (Fsp3) is 0.333. The number of carbonyl (C=O) groups is 1. The van der Waals surface area contributed by atoms with Crippen LogP contribution in [0, 0.1) is 0 Å². The van der Waals surface area contributed by atoms with Gasteiger partial charge in [-0.3, -0.25) is 0 Å². The van der Waals surface area contributed by atoms with Crippen LogP contribution in [0.4, 0.5) is 27.8 Å². The van der Waals surface area contributed by atoms with Crippen molar-refractivity contribution in [3.63, 3.8) is 0 Å². The average molecular weight is 270 g/mol. The van der Waals surface area contributed by atoms with Crippen LogP contribution in [0.2, 0.25) is 0 Å². The molecule has 18 heavy (non-hydrogen) atoms. The van der Waals surface area contributed by atoms with E-state index in [-0.39, 0.29) is 6.07 Å². The predicted molar refractivity (Wildman–Crippen MR) is 49.9 cm³/mol. The first-order valence-electron chi connectivity index (χ1n) is 4.42. The van der Waals surface area contributed by atoms with E-state index in [2.05, 4.69) is 9.72 Å². The van der Waals surface area contributed by atoms with Gasteiger partial charge in [0.15, 0.2) is 0 Å². The monoisotopic (exact) mass is 270 g/mol. The molecule has 1 aromatic heterocycles. The Hall–Kier alpha value is -1.93. The molecule has 0 unspecified atom stereocenters. The van der Waals surface area contributed by atoms with Gasteiger partial charge in [0, 0.05) is 0 Å². The Bertz CT molecular complexity index is 473. The number of aromatic nitrogens is 1. The normalized spacial score (nSPS) is 11.7. The van der Waals surface area contributed by atoms with Gasteiger partial charge in [-0.1, -0.05) is 0 Å². The topological polar surface area (TPSA) is 65.2 Å². The molecule has 0 spiro atoms. The number of anilines is 1. The summed E-state index contributed by atoms with van der Waals surface area (Å²) >= 11 is 0. The maximum atomic E-state index is 12.5. The van der Waals surface area contributed by atoms with Gasteiger partial charge in [0.05, 0.1) is 12.7 Å². The molecule has 0 aliphatic rings. The molecular formula is C9H7F5N2O2. The van der Waals surface area contributed by atoms with Gasteiger partial charge < -0.3 is 10.5 Å². The first-order valence-corrected chi connectivity index (χ1v) is 4.42. The van der Waals surface area contributed by atoms with E-state index >= 15 is 0 Å². The molecule has 0 saturated heterocycles. The minimum Gasteiger partial charge on any atom is -0.465 e. The second-order valence-electron chi connectivity index (χ2n) is 3.14. The molecule has 0 aliphatic carbocycles. The Balaban J connectivity index is 3.51. The van der Waals surface area contributed by atoms with Gasteiger partial charge in [0.25, 0.3) is 6.43 Å². The summed E-state index contributed by atoms with van der Waals surface area (Å²) in [6.45, 7) is 0. The van der Waals surface area contributed by atoms with Gasteiger partial charge in [-0.05, 0) is 6.07 Å². The summed E-state index contributed by atoms with van der Waals surface area (Å²) in [5.74, 6) is -1.93. The summed E-state index contributed by atoms with van der Waals surface area (Å²) in [4.78, 5) is 14.0. The molecule has 4 nitrogen and oxygen atoms in total. The summed E-state index contributed by atoms with van der Waals surface area (Å²) in [6.07, 6.45) is -8.54. The SMILES string of the molecule is COC(=O)c1cc(C(F)(F)F)c(C(F)F)nc1N. The first-order chi connectivity index (χ1) is 8.18. The van der Waals surface area contributed by atoms with Gasteiger partial charge in [-0.25, -0.2) is 18.6 Å². The third-order valence-electron chi connectivity index (χ3n) is 2.00. The summed E-state index contributed by atoms with van der Waals surface area (Å²) in [6, 6.07) is 0.204. The number of nitrogens with two attached hydrogens (primary N) is 1. The molecule has 0 saturated carbocycles. The van der Waals surface area contributed by atoms with E-state index in [1.807, 2.05) is 0 Å². The number of alkyl halides is 5. The highest BCUT2D eigenvalue weighted by Gasteiger charge is 2.38. The van der Waals surface area contributed by atoms with Crippen molar-refractivity contribution in [3.8, 4) is 0 Å². The summed E-state index contributed by atoms with van der Waals surface area (Å²) < 4.78 is 66.6. The molecule has 2 N–H and O–H groups in total. The second-order valence-corrected chi connectivity index (χ2v) is 3.14. The summed E-state index contributed by atoms with van der Waals surface area (Å²) in [7, 11) is 0.913. The van der Waals surface area contributed by atoms with Crippen LogP contribution < -0.4 is 5.73 Å². The van der Waals surface area contributed by atoms with Crippen LogP contribution in [0.1, 0.15) is 28.0 Å². The van der Waals surface area contributed by atoms with Crippen molar-refractivity contribution in [2.24, 2.45) is 0 Å². The summed E-state index contributed by atoms with van der Waals surface area (Å²) in [5, 5.41) is 0. The number of esters is 1. The molecule has 0 amide bonds. The van der Waals surface area contributed by atoms with E-state index in [0.717, 1.165) is 7.11 Å². The number of ether oxygens (including phenoxy) is 1. The lowest BCUT2D eigenvalue weighted by Gasteiger charge is -2.14. The lowest BCUT2D eigenvalue weighted by Crippen LogP contribution is -2.16. The number of hydrogen-bond acceptors (Lipinski definition) is 4. The zero-order valence-electron chi connectivity index (χ0n) is 8.89. The molecule has 0 atom stereocenters. The Morgan fingerprint density at radius 1 is 1.44 bits per heavy atom. The fourth-order valence-corrected chi connectivity index (χ4v) is 1.21. The molecule has 0 bridgehead atoms. The van der Waals surface area contributed by atoms with Crippen LogP contribution in [-0.4, -0.2) is 18.1 Å². The zero-order chi connectivity index (χ0) is 14.1. The number of halogens is 5. The highest BCUT2D eigenvalue weighted by Crippen LogP contribution is 2.36. The Morgan fingerprint density at radius 2 is 2.00 bits per heavy atom. The van der Waals surface area contributed by atoms with E-state index in [1.165, 1.54) is 0 Å². The zero-order valence-corrected chi connectivity index (χ0v) is 8.89. The molecule has 0 aromatic carbocycles. The number of nitrogen functional groups attached to an aromatic ring is 1. The van der Waals surface area contributed by atoms with Crippen molar-refractivity contribution >= 4 is 11.8 Å². The van der Waals surface area contributed by atoms with E-state index in [9.17, 15) is 26.7 Å². The van der Waals surface area contributed by atoms with Crippen molar-refractivity contribution < 1.29 is 31.5 Å². The highest BCUT2D eigenvalue weighted by molar-refractivity contribution is 5.94. The molecule has 1 heterocycles. The van der Waals surface area contributed by atoms with E-state index in [0.29, 0.717) is 0 Å². The molecule has 0 radical (unpaired) electrons. The maximum absolute atomic E-state index is 12.5. The van der Waals surface area contributed by atoms with Crippen LogP contribution in [0.25, 0.3) is 0 Å². The molecule has 0 fully saturated rings. The molecule has 0 aliphatic heterocycles. The van der Waals surface area contributed by atoms with Gasteiger partial charge in [-0.2, -0.15) is 13.2 Å². The number of hydrogen-bond donors (Lipinski definition) is 1. The van der Waals surface area contributed by atoms with Crippen LogP contribution >= 0.6 is 0 Å². The average Bonchev–Trinajstić information content (AvgIpc) is 2.25. The third-order valence-corrected chi connectivity index (χ3v) is 2.00. The molecule has 9 heteroatoms. The summed E-state index contributed by atoms with van der Waals surface area (Å²) in [5.41, 5.74) is 1.19. The smallest absolute Gasteiger partial charge is 0.418 e. The first kappa shape index (κ1) is 14.1. The van der Waals surface area contributed by atoms with Crippen LogP contribution in [-0.2, 0) is 10.9 Å². The standard InChI is InChI=1S/C9H7F5N2O2/c1-18-8(17)3-2-4(9(12,13)14)5(6(10)11)16-7(3)15/h2,6H,1H3,(H2,15,16). The van der Waals surface area contributed by atoms with Crippen LogP contribution in [0.3, 0.4) is 0 Å². The van der Waals surface area contributed by atoms with Gasteiger partial charge in [0.2, 0.25) is 0 Å². The molecular weight excluding hydrogens is 263 g/mol. The van der Waals surface area contributed by atoms with Crippen molar-refractivity contribution in [1.29, 1.82) is 0 Å². The molecule has 100 valence electrons. The van der Waals surface area contributed by atoms with E-state index < -0.39 is 41.2 Å². The Kier molecular flexibility index (Phi) is 3.73. The number of methoxy groups -OCH3 is 1. The minimum atomic E-state index is -5.07. The van der Waals surface area contributed by atoms with E-state index in [1.54, 1.807) is 0 Å². The Labute approximate surface area is 97.6 Å². The van der Waals surface area contributed by atoms with Gasteiger partial charge >= 0.3 is 12.1 Å². The number of pyridine rings is 1. The lowest BCUT2D eigenvalue weighted by molar-refractivity contribution is -0.139. The van der Waals surface area contributed by atoms with Crippen molar-refractivity contribution in [1.82, 2.24) is 4.98 Å². The van der Waals surface area contributed by atoms with Crippen molar-refractivity contribution in [2.45, 2.75) is 12.6 Å². The van der Waals surface area contributed by atoms with Crippen molar-refractivity contribution in [3.05, 3.63) is 22.9 Å². The lowest BCUT2D eigenvalue weighted by atomic mass is 10.1. The van der Waals surface area contributed by atoms with Crippen LogP contribution in [0.15, 0.2) is 6.07 Å². The minimum absolute atomic E-state index is 0.204. The quantitative estimate of drug-likeness (QED) is 0.662.